The molecule has 0 aliphatic rings. The molecule has 1 amide bonds. The van der Waals surface area contributed by atoms with Gasteiger partial charge in [-0.25, -0.2) is 0 Å². The molecule has 0 radical (unpaired) electrons. The van der Waals surface area contributed by atoms with Crippen LogP contribution in [0.15, 0.2) is 24.3 Å². The average molecular weight is 363 g/mol. The minimum Gasteiger partial charge on any atom is -0.469 e. The standard InChI is InChI=1S/C19H23ClN2O3/c1-13-16(12-14-11-15(20)8-9-17(14)22-13)19(24)21-10-6-4-3-5-7-18(23)25-2/h8-9,11-12H,3-7,10H2,1-2H3,(H,21,24). The van der Waals surface area contributed by atoms with Gasteiger partial charge < -0.3 is 10.1 Å². The Morgan fingerprint density at radius 2 is 1.92 bits per heavy atom. The highest BCUT2D eigenvalue weighted by Crippen LogP contribution is 2.20. The van der Waals surface area contributed by atoms with E-state index in [9.17, 15) is 9.59 Å². The van der Waals surface area contributed by atoms with Gasteiger partial charge in [0.2, 0.25) is 0 Å². The molecule has 1 aromatic carbocycles. The minimum atomic E-state index is -0.173. The number of aromatic nitrogens is 1. The first-order chi connectivity index (χ1) is 12.0. The number of fused-ring (bicyclic) bond motifs is 1. The quantitative estimate of drug-likeness (QED) is 0.568. The Morgan fingerprint density at radius 3 is 2.68 bits per heavy atom. The normalized spacial score (nSPS) is 10.7. The van der Waals surface area contributed by atoms with Crippen LogP contribution in [0, 0.1) is 6.92 Å². The van der Waals surface area contributed by atoms with Crippen molar-refractivity contribution in [2.75, 3.05) is 13.7 Å². The first-order valence-electron chi connectivity index (χ1n) is 8.43. The van der Waals surface area contributed by atoms with Gasteiger partial charge in [0.25, 0.3) is 5.91 Å². The number of amides is 1. The number of methoxy groups -OCH3 is 1. The van der Waals surface area contributed by atoms with Gasteiger partial charge in [0.1, 0.15) is 0 Å². The third kappa shape index (κ3) is 5.71. The lowest BCUT2D eigenvalue weighted by molar-refractivity contribution is -0.140. The summed E-state index contributed by atoms with van der Waals surface area (Å²) in [6.45, 7) is 2.43. The molecular formula is C19H23ClN2O3. The molecule has 2 aromatic rings. The molecule has 134 valence electrons. The molecule has 0 aliphatic carbocycles. The summed E-state index contributed by atoms with van der Waals surface area (Å²) in [4.78, 5) is 27.8. The van der Waals surface area contributed by atoms with Gasteiger partial charge in [-0.05, 0) is 44.0 Å². The van der Waals surface area contributed by atoms with E-state index < -0.39 is 0 Å². The number of ether oxygens (including phenoxy) is 1. The Balaban J connectivity index is 1.82. The van der Waals surface area contributed by atoms with Gasteiger partial charge in [-0.1, -0.05) is 24.4 Å². The molecule has 0 saturated carbocycles. The van der Waals surface area contributed by atoms with E-state index in [4.69, 9.17) is 11.6 Å². The first kappa shape index (κ1) is 19.2. The van der Waals surface area contributed by atoms with Crippen LogP contribution in [-0.2, 0) is 9.53 Å². The lowest BCUT2D eigenvalue weighted by atomic mass is 10.1. The van der Waals surface area contributed by atoms with Crippen molar-refractivity contribution in [1.82, 2.24) is 10.3 Å². The summed E-state index contributed by atoms with van der Waals surface area (Å²) in [6.07, 6.45) is 4.04. The number of unbranched alkanes of at least 4 members (excludes halogenated alkanes) is 3. The Morgan fingerprint density at radius 1 is 1.16 bits per heavy atom. The molecule has 5 nitrogen and oxygen atoms in total. The second-order valence-corrected chi connectivity index (χ2v) is 6.39. The van der Waals surface area contributed by atoms with Crippen molar-refractivity contribution in [2.24, 2.45) is 0 Å². The summed E-state index contributed by atoms with van der Waals surface area (Å²) < 4.78 is 4.60. The van der Waals surface area contributed by atoms with Crippen molar-refractivity contribution in [3.63, 3.8) is 0 Å². The highest BCUT2D eigenvalue weighted by atomic mass is 35.5. The first-order valence-corrected chi connectivity index (χ1v) is 8.81. The summed E-state index contributed by atoms with van der Waals surface area (Å²) in [7, 11) is 1.40. The van der Waals surface area contributed by atoms with Crippen molar-refractivity contribution in [3.8, 4) is 0 Å². The molecule has 0 fully saturated rings. The fraction of sp³-hybridized carbons (Fsp3) is 0.421. The number of benzene rings is 1. The molecule has 2 rings (SSSR count). The number of esters is 1. The van der Waals surface area contributed by atoms with Gasteiger partial charge in [0, 0.05) is 23.4 Å². The number of carbonyl (C=O) groups excluding carboxylic acids is 2. The number of rotatable bonds is 8. The van der Waals surface area contributed by atoms with Gasteiger partial charge in [0.05, 0.1) is 23.9 Å². The highest BCUT2D eigenvalue weighted by Gasteiger charge is 2.11. The van der Waals surface area contributed by atoms with Crippen LogP contribution in [0.4, 0.5) is 0 Å². The summed E-state index contributed by atoms with van der Waals surface area (Å²) in [5.74, 6) is -0.297. The molecule has 1 aromatic heterocycles. The molecule has 0 aliphatic heterocycles. The van der Waals surface area contributed by atoms with E-state index in [0.29, 0.717) is 29.2 Å². The number of hydrogen-bond acceptors (Lipinski definition) is 4. The Hall–Kier alpha value is -2.14. The van der Waals surface area contributed by atoms with E-state index in [2.05, 4.69) is 15.0 Å². The number of nitrogens with zero attached hydrogens (tertiary/aromatic N) is 1. The highest BCUT2D eigenvalue weighted by molar-refractivity contribution is 6.31. The zero-order chi connectivity index (χ0) is 18.2. The van der Waals surface area contributed by atoms with Crippen molar-refractivity contribution >= 4 is 34.4 Å². The topological polar surface area (TPSA) is 68.3 Å². The SMILES string of the molecule is COC(=O)CCCCCCNC(=O)c1cc2cc(Cl)ccc2nc1C. The minimum absolute atomic E-state index is 0.124. The predicted octanol–water partition coefficient (Wildman–Crippen LogP) is 4.05. The summed E-state index contributed by atoms with van der Waals surface area (Å²) in [5, 5.41) is 4.40. The lowest BCUT2D eigenvalue weighted by Gasteiger charge is -2.09. The van der Waals surface area contributed by atoms with Crippen LogP contribution in [0.5, 0.6) is 0 Å². The van der Waals surface area contributed by atoms with Crippen LogP contribution in [0.25, 0.3) is 10.9 Å². The summed E-state index contributed by atoms with van der Waals surface area (Å²) in [5.41, 5.74) is 2.09. The van der Waals surface area contributed by atoms with E-state index in [1.807, 2.05) is 19.1 Å². The molecule has 0 unspecified atom stereocenters. The van der Waals surface area contributed by atoms with Gasteiger partial charge in [-0.15, -0.1) is 0 Å². The van der Waals surface area contributed by atoms with E-state index in [-0.39, 0.29) is 11.9 Å². The van der Waals surface area contributed by atoms with E-state index in [0.717, 1.165) is 36.6 Å². The van der Waals surface area contributed by atoms with Gasteiger partial charge in [-0.2, -0.15) is 0 Å². The maximum absolute atomic E-state index is 12.4. The van der Waals surface area contributed by atoms with E-state index >= 15 is 0 Å². The van der Waals surface area contributed by atoms with Crippen LogP contribution in [0.2, 0.25) is 5.02 Å². The van der Waals surface area contributed by atoms with Crippen LogP contribution < -0.4 is 5.32 Å². The number of carbonyl (C=O) groups is 2. The van der Waals surface area contributed by atoms with Crippen LogP contribution in [0.1, 0.15) is 48.2 Å². The lowest BCUT2D eigenvalue weighted by Crippen LogP contribution is -2.25. The Kier molecular flexibility index (Phi) is 7.19. The second kappa shape index (κ2) is 9.37. The second-order valence-electron chi connectivity index (χ2n) is 5.95. The van der Waals surface area contributed by atoms with Gasteiger partial charge in [0.15, 0.2) is 0 Å². The molecule has 0 spiro atoms. The fourth-order valence-electron chi connectivity index (χ4n) is 2.62. The number of nitrogens with one attached hydrogen (secondary N) is 1. The average Bonchev–Trinajstić information content (AvgIpc) is 2.60. The zero-order valence-corrected chi connectivity index (χ0v) is 15.4. The molecular weight excluding hydrogens is 340 g/mol. The van der Waals surface area contributed by atoms with E-state index in [1.165, 1.54) is 7.11 Å². The summed E-state index contributed by atoms with van der Waals surface area (Å²) in [6, 6.07) is 7.27. The smallest absolute Gasteiger partial charge is 0.305 e. The van der Waals surface area contributed by atoms with Crippen molar-refractivity contribution in [2.45, 2.75) is 39.0 Å². The Bertz CT molecular complexity index is 762. The largest absolute Gasteiger partial charge is 0.469 e. The fourth-order valence-corrected chi connectivity index (χ4v) is 2.80. The Labute approximate surface area is 152 Å². The van der Waals surface area contributed by atoms with Crippen molar-refractivity contribution < 1.29 is 14.3 Å². The van der Waals surface area contributed by atoms with Crippen LogP contribution >= 0.6 is 11.6 Å². The predicted molar refractivity (Wildman–Crippen MR) is 98.9 cm³/mol. The van der Waals surface area contributed by atoms with Gasteiger partial charge in [-0.3, -0.25) is 14.6 Å². The van der Waals surface area contributed by atoms with Crippen LogP contribution in [0.3, 0.4) is 0 Å². The third-order valence-corrected chi connectivity index (χ3v) is 4.27. The molecule has 1 heterocycles. The monoisotopic (exact) mass is 362 g/mol. The van der Waals surface area contributed by atoms with Crippen molar-refractivity contribution in [1.29, 1.82) is 0 Å². The molecule has 0 atom stereocenters. The number of aryl methyl sites for hydroxylation is 1. The molecule has 6 heteroatoms. The van der Waals surface area contributed by atoms with E-state index in [1.54, 1.807) is 12.1 Å². The maximum Gasteiger partial charge on any atom is 0.305 e. The molecule has 25 heavy (non-hydrogen) atoms. The summed E-state index contributed by atoms with van der Waals surface area (Å²) >= 11 is 6.01. The van der Waals surface area contributed by atoms with Crippen molar-refractivity contribution in [3.05, 3.63) is 40.5 Å². The number of hydrogen-bond donors (Lipinski definition) is 1. The number of pyridine rings is 1. The molecule has 1 N–H and O–H groups in total. The third-order valence-electron chi connectivity index (χ3n) is 4.03. The number of halogens is 1. The maximum atomic E-state index is 12.4. The van der Waals surface area contributed by atoms with Gasteiger partial charge >= 0.3 is 5.97 Å². The molecule has 0 saturated heterocycles. The zero-order valence-electron chi connectivity index (χ0n) is 14.6. The van der Waals surface area contributed by atoms with Crippen LogP contribution in [-0.4, -0.2) is 30.5 Å². The molecule has 0 bridgehead atoms.